The van der Waals surface area contributed by atoms with E-state index in [0.717, 1.165) is 37.7 Å². The lowest BCUT2D eigenvalue weighted by Gasteiger charge is -2.18. The molecule has 186 valence electrons. The van der Waals surface area contributed by atoms with Gasteiger partial charge in [-0.15, -0.1) is 11.3 Å². The first-order chi connectivity index (χ1) is 17.3. The van der Waals surface area contributed by atoms with E-state index < -0.39 is 12.1 Å². The molecule has 8 heteroatoms. The largest absolute Gasteiger partial charge is 0.479 e. The van der Waals surface area contributed by atoms with Gasteiger partial charge in [-0.1, -0.05) is 48.5 Å². The first-order valence-corrected chi connectivity index (χ1v) is 12.5. The number of nitrogens with one attached hydrogen (secondary N) is 1. The predicted molar refractivity (Wildman–Crippen MR) is 139 cm³/mol. The number of carboxylic acids is 1. The third kappa shape index (κ3) is 6.08. The normalized spacial score (nSPS) is 12.0. The molecule has 0 aliphatic rings. The summed E-state index contributed by atoms with van der Waals surface area (Å²) in [5.74, 6) is -1.27. The van der Waals surface area contributed by atoms with E-state index in [0.29, 0.717) is 5.69 Å². The third-order valence-corrected chi connectivity index (χ3v) is 6.63. The summed E-state index contributed by atoms with van der Waals surface area (Å²) in [4.78, 5) is 30.2. The molecule has 36 heavy (non-hydrogen) atoms. The Morgan fingerprint density at radius 1 is 1.11 bits per heavy atom. The maximum atomic E-state index is 13.1. The van der Waals surface area contributed by atoms with Crippen LogP contribution in [0, 0.1) is 6.92 Å². The number of aryl methyl sites for hydroxylation is 1. The minimum absolute atomic E-state index is 0.211. The van der Waals surface area contributed by atoms with Gasteiger partial charge in [0.25, 0.3) is 5.91 Å². The zero-order chi connectivity index (χ0) is 25.7. The number of thiazole rings is 1. The van der Waals surface area contributed by atoms with Crippen molar-refractivity contribution in [1.29, 1.82) is 0 Å². The first-order valence-electron chi connectivity index (χ1n) is 11.7. The summed E-state index contributed by atoms with van der Waals surface area (Å²) < 4.78 is 10.8. The van der Waals surface area contributed by atoms with Gasteiger partial charge >= 0.3 is 5.97 Å². The van der Waals surface area contributed by atoms with Crippen molar-refractivity contribution in [1.82, 2.24) is 10.3 Å². The lowest BCUT2D eigenvalue weighted by atomic mass is 9.97. The van der Waals surface area contributed by atoms with Crippen LogP contribution in [0.1, 0.15) is 40.3 Å². The van der Waals surface area contributed by atoms with Crippen LogP contribution in [0.25, 0.3) is 21.7 Å². The standard InChI is InChI=1S/C28H28N2O5S/c1-17(2)35-24(28(32)33)14-19-9-10-23(21-11-12-34-16-21)22(13-19)15-29-26(31)25-18(3)36-27(30-25)20-7-5-4-6-8-20/h4-13,16-17,24H,14-15H2,1-3H3,(H,29,31)(H,32,33). The van der Waals surface area contributed by atoms with E-state index in [-0.39, 0.29) is 25.0 Å². The number of carbonyl (C=O) groups excluding carboxylic acids is 1. The molecular formula is C28H28N2O5S. The third-order valence-electron chi connectivity index (χ3n) is 5.61. The van der Waals surface area contributed by atoms with Gasteiger partial charge < -0.3 is 19.6 Å². The molecule has 2 aromatic carbocycles. The van der Waals surface area contributed by atoms with E-state index in [1.807, 2.05) is 75.4 Å². The number of furan rings is 1. The molecule has 1 unspecified atom stereocenters. The summed E-state index contributed by atoms with van der Waals surface area (Å²) >= 11 is 1.48. The van der Waals surface area contributed by atoms with Crippen LogP contribution in [0.5, 0.6) is 0 Å². The van der Waals surface area contributed by atoms with Crippen LogP contribution in [0.2, 0.25) is 0 Å². The molecule has 0 fully saturated rings. The molecule has 0 aliphatic heterocycles. The summed E-state index contributed by atoms with van der Waals surface area (Å²) in [6.07, 6.45) is 2.27. The monoisotopic (exact) mass is 504 g/mol. The molecule has 2 aromatic heterocycles. The smallest absolute Gasteiger partial charge is 0.333 e. The molecule has 0 aliphatic carbocycles. The van der Waals surface area contributed by atoms with Gasteiger partial charge in [-0.3, -0.25) is 4.79 Å². The lowest BCUT2D eigenvalue weighted by Crippen LogP contribution is -2.29. The second kappa shape index (κ2) is 11.3. The molecule has 7 nitrogen and oxygen atoms in total. The van der Waals surface area contributed by atoms with E-state index in [9.17, 15) is 14.7 Å². The fourth-order valence-electron chi connectivity index (χ4n) is 3.93. The minimum atomic E-state index is -1.01. The molecule has 0 radical (unpaired) electrons. The number of benzene rings is 2. The molecule has 4 aromatic rings. The van der Waals surface area contributed by atoms with Gasteiger partial charge in [-0.2, -0.15) is 0 Å². The van der Waals surface area contributed by atoms with Gasteiger partial charge in [0.15, 0.2) is 6.10 Å². The first kappa shape index (κ1) is 25.3. The van der Waals surface area contributed by atoms with Gasteiger partial charge in [0, 0.05) is 29.0 Å². The van der Waals surface area contributed by atoms with E-state index >= 15 is 0 Å². The Morgan fingerprint density at radius 2 is 1.89 bits per heavy atom. The molecule has 0 saturated heterocycles. The highest BCUT2D eigenvalue weighted by molar-refractivity contribution is 7.15. The molecule has 0 spiro atoms. The highest BCUT2D eigenvalue weighted by atomic mass is 32.1. The number of carboxylic acid groups (broad SMARTS) is 1. The van der Waals surface area contributed by atoms with E-state index in [1.54, 1.807) is 12.5 Å². The molecular weight excluding hydrogens is 476 g/mol. The van der Waals surface area contributed by atoms with Crippen molar-refractivity contribution in [3.05, 3.63) is 88.8 Å². The molecule has 4 rings (SSSR count). The Balaban J connectivity index is 1.56. The zero-order valence-corrected chi connectivity index (χ0v) is 21.2. The van der Waals surface area contributed by atoms with Crippen molar-refractivity contribution in [2.24, 2.45) is 0 Å². The summed E-state index contributed by atoms with van der Waals surface area (Å²) in [6.45, 7) is 5.75. The van der Waals surface area contributed by atoms with Gasteiger partial charge in [0.1, 0.15) is 10.7 Å². The van der Waals surface area contributed by atoms with Crippen LogP contribution in [-0.2, 0) is 22.5 Å². The van der Waals surface area contributed by atoms with Crippen LogP contribution in [0.15, 0.2) is 71.5 Å². The Kier molecular flexibility index (Phi) is 7.97. The van der Waals surface area contributed by atoms with E-state index in [4.69, 9.17) is 9.15 Å². The van der Waals surface area contributed by atoms with Crippen LogP contribution in [0.4, 0.5) is 0 Å². The van der Waals surface area contributed by atoms with Gasteiger partial charge in [0.05, 0.1) is 18.6 Å². The summed E-state index contributed by atoms with van der Waals surface area (Å²) in [6, 6.07) is 17.3. The summed E-state index contributed by atoms with van der Waals surface area (Å²) in [5, 5.41) is 13.4. The SMILES string of the molecule is Cc1sc(-c2ccccc2)nc1C(=O)NCc1cc(CC(OC(C)C)C(=O)O)ccc1-c1ccoc1. The molecule has 1 amide bonds. The quantitative estimate of drug-likeness (QED) is 0.286. The maximum Gasteiger partial charge on any atom is 0.333 e. The maximum absolute atomic E-state index is 13.1. The number of carbonyl (C=O) groups is 2. The van der Waals surface area contributed by atoms with Crippen molar-refractivity contribution in [2.75, 3.05) is 0 Å². The lowest BCUT2D eigenvalue weighted by molar-refractivity contribution is -0.153. The topological polar surface area (TPSA) is 102 Å². The fourth-order valence-corrected chi connectivity index (χ4v) is 4.84. The van der Waals surface area contributed by atoms with Crippen LogP contribution in [0.3, 0.4) is 0 Å². The Morgan fingerprint density at radius 3 is 2.56 bits per heavy atom. The molecule has 0 bridgehead atoms. The van der Waals surface area contributed by atoms with Crippen LogP contribution in [-0.4, -0.2) is 34.2 Å². The van der Waals surface area contributed by atoms with Crippen LogP contribution >= 0.6 is 11.3 Å². The Labute approximate surface area is 213 Å². The average molecular weight is 505 g/mol. The summed E-state index contributed by atoms with van der Waals surface area (Å²) in [5.41, 5.74) is 4.77. The molecule has 0 saturated carbocycles. The highest BCUT2D eigenvalue weighted by Crippen LogP contribution is 2.29. The summed E-state index contributed by atoms with van der Waals surface area (Å²) in [7, 11) is 0. The van der Waals surface area contributed by atoms with E-state index in [2.05, 4.69) is 10.3 Å². The molecule has 2 heterocycles. The van der Waals surface area contributed by atoms with Crippen molar-refractivity contribution >= 4 is 23.2 Å². The number of nitrogens with zero attached hydrogens (tertiary/aromatic N) is 1. The molecule has 2 N–H and O–H groups in total. The van der Waals surface area contributed by atoms with Crippen molar-refractivity contribution in [3.8, 4) is 21.7 Å². The number of ether oxygens (including phenoxy) is 1. The number of hydrogen-bond donors (Lipinski definition) is 2. The second-order valence-corrected chi connectivity index (χ2v) is 9.90. The van der Waals surface area contributed by atoms with Crippen molar-refractivity contribution < 1.29 is 23.8 Å². The fraction of sp³-hybridized carbons (Fsp3) is 0.250. The van der Waals surface area contributed by atoms with Gasteiger partial charge in [-0.25, -0.2) is 9.78 Å². The van der Waals surface area contributed by atoms with Gasteiger partial charge in [-0.05, 0) is 43.5 Å². The zero-order valence-electron chi connectivity index (χ0n) is 20.4. The minimum Gasteiger partial charge on any atom is -0.479 e. The predicted octanol–water partition coefficient (Wildman–Crippen LogP) is 5.73. The number of amides is 1. The van der Waals surface area contributed by atoms with Crippen molar-refractivity contribution in [2.45, 2.75) is 45.9 Å². The van der Waals surface area contributed by atoms with Gasteiger partial charge in [0.2, 0.25) is 0 Å². The number of rotatable bonds is 10. The second-order valence-electron chi connectivity index (χ2n) is 8.69. The van der Waals surface area contributed by atoms with E-state index in [1.165, 1.54) is 11.3 Å². The molecule has 1 atom stereocenters. The Bertz CT molecular complexity index is 1330. The number of hydrogen-bond acceptors (Lipinski definition) is 6. The number of aromatic nitrogens is 1. The number of aliphatic carboxylic acids is 1. The highest BCUT2D eigenvalue weighted by Gasteiger charge is 2.21. The average Bonchev–Trinajstić information content (AvgIpc) is 3.53. The van der Waals surface area contributed by atoms with Crippen molar-refractivity contribution in [3.63, 3.8) is 0 Å². The van der Waals surface area contributed by atoms with Crippen LogP contribution < -0.4 is 5.32 Å². The Hall–Kier alpha value is -3.75.